The highest BCUT2D eigenvalue weighted by atomic mass is 16.6. The summed E-state index contributed by atoms with van der Waals surface area (Å²) in [5.41, 5.74) is 3.21. The molecule has 1 aromatic rings. The summed E-state index contributed by atoms with van der Waals surface area (Å²) >= 11 is 0. The Morgan fingerprint density at radius 1 is 1.42 bits per heavy atom. The highest BCUT2D eigenvalue weighted by Crippen LogP contribution is 2.42. The van der Waals surface area contributed by atoms with Crippen molar-refractivity contribution >= 4 is 6.09 Å². The molecule has 0 saturated heterocycles. The molecule has 1 saturated carbocycles. The number of amides is 1. The molecule has 0 unspecified atom stereocenters. The number of aromatic nitrogens is 2. The van der Waals surface area contributed by atoms with Crippen LogP contribution >= 0.6 is 0 Å². The van der Waals surface area contributed by atoms with Gasteiger partial charge >= 0.3 is 6.09 Å². The first kappa shape index (κ1) is 12.5. The Kier molecular flexibility index (Phi) is 2.80. The molecule has 0 spiro atoms. The van der Waals surface area contributed by atoms with E-state index < -0.39 is 5.60 Å². The summed E-state index contributed by atoms with van der Waals surface area (Å²) in [6.07, 6.45) is 3.16. The van der Waals surface area contributed by atoms with Crippen LogP contribution in [0.1, 0.15) is 56.5 Å². The molecule has 1 aliphatic heterocycles. The van der Waals surface area contributed by atoms with Gasteiger partial charge in [0.15, 0.2) is 0 Å². The van der Waals surface area contributed by atoms with Gasteiger partial charge in [0.1, 0.15) is 5.60 Å². The number of nitrogens with one attached hydrogen (secondary N) is 1. The maximum absolute atomic E-state index is 12.0. The van der Waals surface area contributed by atoms with Crippen molar-refractivity contribution in [3.63, 3.8) is 0 Å². The average Bonchev–Trinajstić information content (AvgIpc) is 3.06. The monoisotopic (exact) mass is 263 g/mol. The van der Waals surface area contributed by atoms with Crippen LogP contribution in [0.4, 0.5) is 4.79 Å². The third kappa shape index (κ3) is 2.60. The molecule has 104 valence electrons. The summed E-state index contributed by atoms with van der Waals surface area (Å²) in [5.74, 6) is 0.660. The summed E-state index contributed by atoms with van der Waals surface area (Å²) in [6.45, 7) is 6.98. The molecule has 1 aliphatic carbocycles. The minimum atomic E-state index is -0.440. The molecular formula is C14H21N3O2. The van der Waals surface area contributed by atoms with Gasteiger partial charge in [-0.2, -0.15) is 5.10 Å². The summed E-state index contributed by atoms with van der Waals surface area (Å²) in [6, 6.07) is 0. The number of hydrogen-bond acceptors (Lipinski definition) is 3. The van der Waals surface area contributed by atoms with E-state index in [0.717, 1.165) is 18.7 Å². The van der Waals surface area contributed by atoms with Crippen LogP contribution in [0, 0.1) is 0 Å². The Labute approximate surface area is 113 Å². The molecule has 0 atom stereocenters. The average molecular weight is 263 g/mol. The Morgan fingerprint density at radius 3 is 2.79 bits per heavy atom. The van der Waals surface area contributed by atoms with Crippen molar-refractivity contribution in [3.8, 4) is 0 Å². The second kappa shape index (κ2) is 4.25. The zero-order valence-corrected chi connectivity index (χ0v) is 11.8. The molecule has 0 aromatic carbocycles. The van der Waals surface area contributed by atoms with Gasteiger partial charge in [-0.05, 0) is 40.0 Å². The SMILES string of the molecule is CC(C)(C)OC(=O)N1CCc2c(C3CC3)n[nH]c2C1. The molecule has 5 nitrogen and oxygen atoms in total. The van der Waals surface area contributed by atoms with E-state index in [-0.39, 0.29) is 6.09 Å². The van der Waals surface area contributed by atoms with Crippen molar-refractivity contribution in [2.24, 2.45) is 0 Å². The number of fused-ring (bicyclic) bond motifs is 1. The van der Waals surface area contributed by atoms with Gasteiger partial charge in [-0.3, -0.25) is 5.10 Å². The van der Waals surface area contributed by atoms with Gasteiger partial charge in [0.2, 0.25) is 0 Å². The molecule has 0 bridgehead atoms. The maximum atomic E-state index is 12.0. The Bertz CT molecular complexity index is 497. The molecule has 1 fully saturated rings. The minimum absolute atomic E-state index is 0.235. The highest BCUT2D eigenvalue weighted by molar-refractivity contribution is 5.68. The lowest BCUT2D eigenvalue weighted by Gasteiger charge is -2.29. The number of aromatic amines is 1. The van der Waals surface area contributed by atoms with Crippen molar-refractivity contribution in [3.05, 3.63) is 17.0 Å². The van der Waals surface area contributed by atoms with Crippen molar-refractivity contribution < 1.29 is 9.53 Å². The zero-order valence-electron chi connectivity index (χ0n) is 11.8. The predicted molar refractivity (Wildman–Crippen MR) is 70.9 cm³/mol. The zero-order chi connectivity index (χ0) is 13.6. The molecule has 2 heterocycles. The second-order valence-electron chi connectivity index (χ2n) is 6.49. The van der Waals surface area contributed by atoms with Crippen LogP contribution in [-0.2, 0) is 17.7 Å². The number of carbonyl (C=O) groups is 1. The third-order valence-corrected chi connectivity index (χ3v) is 3.58. The van der Waals surface area contributed by atoms with E-state index in [1.807, 2.05) is 20.8 Å². The van der Waals surface area contributed by atoms with Gasteiger partial charge < -0.3 is 9.64 Å². The van der Waals surface area contributed by atoms with Gasteiger partial charge in [0, 0.05) is 18.0 Å². The van der Waals surface area contributed by atoms with Crippen LogP contribution in [0.3, 0.4) is 0 Å². The second-order valence-corrected chi connectivity index (χ2v) is 6.49. The predicted octanol–water partition coefficient (Wildman–Crippen LogP) is 2.58. The number of ether oxygens (including phenoxy) is 1. The topological polar surface area (TPSA) is 58.2 Å². The quantitative estimate of drug-likeness (QED) is 0.847. The lowest BCUT2D eigenvalue weighted by Crippen LogP contribution is -2.39. The first-order valence-electron chi connectivity index (χ1n) is 6.98. The smallest absolute Gasteiger partial charge is 0.410 e. The van der Waals surface area contributed by atoms with Gasteiger partial charge in [-0.25, -0.2) is 4.79 Å². The lowest BCUT2D eigenvalue weighted by molar-refractivity contribution is 0.0221. The number of H-pyrrole nitrogens is 1. The number of nitrogens with zero attached hydrogens (tertiary/aromatic N) is 2. The van der Waals surface area contributed by atoms with Crippen molar-refractivity contribution in [1.82, 2.24) is 15.1 Å². The fourth-order valence-electron chi connectivity index (χ4n) is 2.52. The van der Waals surface area contributed by atoms with Crippen molar-refractivity contribution in [2.45, 2.75) is 58.1 Å². The van der Waals surface area contributed by atoms with Crippen LogP contribution in [-0.4, -0.2) is 33.3 Å². The van der Waals surface area contributed by atoms with E-state index >= 15 is 0 Å². The van der Waals surface area contributed by atoms with Crippen LogP contribution in [0.2, 0.25) is 0 Å². The van der Waals surface area contributed by atoms with Crippen LogP contribution < -0.4 is 0 Å². The van der Waals surface area contributed by atoms with E-state index in [1.165, 1.54) is 24.1 Å². The Hall–Kier alpha value is -1.52. The number of hydrogen-bond donors (Lipinski definition) is 1. The summed E-state index contributed by atoms with van der Waals surface area (Å²) in [7, 11) is 0. The van der Waals surface area contributed by atoms with Crippen molar-refractivity contribution in [2.75, 3.05) is 6.54 Å². The largest absolute Gasteiger partial charge is 0.444 e. The molecule has 5 heteroatoms. The van der Waals surface area contributed by atoms with Crippen LogP contribution in [0.25, 0.3) is 0 Å². The minimum Gasteiger partial charge on any atom is -0.444 e. The summed E-state index contributed by atoms with van der Waals surface area (Å²) in [4.78, 5) is 13.8. The van der Waals surface area contributed by atoms with E-state index in [2.05, 4.69) is 10.2 Å². The number of rotatable bonds is 1. The van der Waals surface area contributed by atoms with E-state index in [9.17, 15) is 4.79 Å². The molecule has 2 aliphatic rings. The normalized spacial score (nSPS) is 19.2. The van der Waals surface area contributed by atoms with E-state index in [4.69, 9.17) is 4.74 Å². The standard InChI is InChI=1S/C14H21N3O2/c1-14(2,3)19-13(18)17-7-6-10-11(8-17)15-16-12(10)9-4-5-9/h9H,4-8H2,1-3H3,(H,15,16). The Morgan fingerprint density at radius 2 is 2.16 bits per heavy atom. The molecule has 19 heavy (non-hydrogen) atoms. The van der Waals surface area contributed by atoms with Gasteiger partial charge in [-0.15, -0.1) is 0 Å². The summed E-state index contributed by atoms with van der Waals surface area (Å²) < 4.78 is 5.41. The van der Waals surface area contributed by atoms with E-state index in [0.29, 0.717) is 12.5 Å². The molecule has 1 aromatic heterocycles. The molecule has 0 radical (unpaired) electrons. The van der Waals surface area contributed by atoms with Crippen LogP contribution in [0.15, 0.2) is 0 Å². The highest BCUT2D eigenvalue weighted by Gasteiger charge is 2.33. The summed E-state index contributed by atoms with van der Waals surface area (Å²) in [5, 5.41) is 7.52. The molecule has 1 amide bonds. The van der Waals surface area contributed by atoms with Crippen molar-refractivity contribution in [1.29, 1.82) is 0 Å². The third-order valence-electron chi connectivity index (χ3n) is 3.58. The van der Waals surface area contributed by atoms with Crippen LogP contribution in [0.5, 0.6) is 0 Å². The van der Waals surface area contributed by atoms with Gasteiger partial charge in [0.25, 0.3) is 0 Å². The lowest BCUT2D eigenvalue weighted by atomic mass is 10.0. The first-order valence-corrected chi connectivity index (χ1v) is 6.98. The van der Waals surface area contributed by atoms with E-state index in [1.54, 1.807) is 4.90 Å². The fourth-order valence-corrected chi connectivity index (χ4v) is 2.52. The maximum Gasteiger partial charge on any atom is 0.410 e. The molecule has 1 N–H and O–H groups in total. The molecule has 3 rings (SSSR count). The first-order chi connectivity index (χ1) is 8.94. The Balaban J connectivity index is 1.70. The number of carbonyl (C=O) groups excluding carboxylic acids is 1. The fraction of sp³-hybridized carbons (Fsp3) is 0.714. The van der Waals surface area contributed by atoms with Gasteiger partial charge in [-0.1, -0.05) is 0 Å². The molecular weight excluding hydrogens is 242 g/mol. The van der Waals surface area contributed by atoms with Gasteiger partial charge in [0.05, 0.1) is 17.9 Å².